The molecule has 1 N–H and O–H groups in total. The minimum absolute atomic E-state index is 0.0272. The molecule has 0 spiro atoms. The molecule has 0 atom stereocenters. The van der Waals surface area contributed by atoms with E-state index in [9.17, 15) is 8.42 Å². The van der Waals surface area contributed by atoms with Gasteiger partial charge >= 0.3 is 0 Å². The molecule has 0 saturated heterocycles. The van der Waals surface area contributed by atoms with Crippen molar-refractivity contribution < 1.29 is 8.42 Å². The lowest BCUT2D eigenvalue weighted by atomic mass is 10.2. The summed E-state index contributed by atoms with van der Waals surface area (Å²) in [5.41, 5.74) is 1.26. The molecular formula is C16H12Cl3NO2S. The normalized spacial score (nSPS) is 11.0. The standard InChI is InChI=1S/C16H12Cl3NO2S/c1-11-9-16(15(19)10-14(11)18)23(21,22)20-8-4-6-12-5-2-3-7-13(12)17/h2-3,5,7,9-10,20H,8H2,1H3. The maximum atomic E-state index is 12.3. The third-order valence-corrected chi connectivity index (χ3v) is 5.55. The van der Waals surface area contributed by atoms with Gasteiger partial charge in [0.2, 0.25) is 10.0 Å². The number of halogens is 3. The van der Waals surface area contributed by atoms with Crippen molar-refractivity contribution in [1.29, 1.82) is 0 Å². The van der Waals surface area contributed by atoms with Crippen LogP contribution in [-0.2, 0) is 10.0 Å². The Balaban J connectivity index is 2.15. The van der Waals surface area contributed by atoms with Gasteiger partial charge in [0.25, 0.3) is 0 Å². The second-order valence-electron chi connectivity index (χ2n) is 4.64. The first kappa shape index (κ1) is 18.1. The summed E-state index contributed by atoms with van der Waals surface area (Å²) in [4.78, 5) is -0.0272. The van der Waals surface area contributed by atoms with Gasteiger partial charge in [-0.25, -0.2) is 8.42 Å². The van der Waals surface area contributed by atoms with Gasteiger partial charge in [0.1, 0.15) is 4.90 Å². The van der Waals surface area contributed by atoms with Crippen LogP contribution in [0.3, 0.4) is 0 Å². The van der Waals surface area contributed by atoms with E-state index in [0.717, 1.165) is 0 Å². The first-order valence-corrected chi connectivity index (χ1v) is 9.11. The molecule has 0 bridgehead atoms. The number of hydrogen-bond donors (Lipinski definition) is 1. The highest BCUT2D eigenvalue weighted by molar-refractivity contribution is 7.89. The molecule has 0 unspecified atom stereocenters. The fraction of sp³-hybridized carbons (Fsp3) is 0.125. The molecule has 120 valence electrons. The summed E-state index contributed by atoms with van der Waals surface area (Å²) in [6.07, 6.45) is 0. The van der Waals surface area contributed by atoms with Crippen LogP contribution in [0, 0.1) is 18.8 Å². The van der Waals surface area contributed by atoms with E-state index in [1.807, 2.05) is 0 Å². The number of nitrogens with one attached hydrogen (secondary N) is 1. The number of hydrogen-bond acceptors (Lipinski definition) is 2. The average Bonchev–Trinajstić information content (AvgIpc) is 2.49. The van der Waals surface area contributed by atoms with Crippen LogP contribution < -0.4 is 4.72 Å². The molecule has 0 aliphatic heterocycles. The van der Waals surface area contributed by atoms with Gasteiger partial charge in [0.15, 0.2) is 0 Å². The van der Waals surface area contributed by atoms with E-state index in [0.29, 0.717) is 21.2 Å². The van der Waals surface area contributed by atoms with Crippen molar-refractivity contribution in [2.45, 2.75) is 11.8 Å². The van der Waals surface area contributed by atoms with E-state index in [-0.39, 0.29) is 16.5 Å². The van der Waals surface area contributed by atoms with Gasteiger partial charge in [-0.3, -0.25) is 0 Å². The quantitative estimate of drug-likeness (QED) is 0.798. The Morgan fingerprint density at radius 1 is 1.04 bits per heavy atom. The van der Waals surface area contributed by atoms with Crippen molar-refractivity contribution in [2.75, 3.05) is 6.54 Å². The first-order valence-electron chi connectivity index (χ1n) is 6.50. The Morgan fingerprint density at radius 2 is 1.74 bits per heavy atom. The molecule has 2 aromatic rings. The summed E-state index contributed by atoms with van der Waals surface area (Å²) in [6.45, 7) is 1.64. The predicted molar refractivity (Wildman–Crippen MR) is 94.7 cm³/mol. The Labute approximate surface area is 150 Å². The summed E-state index contributed by atoms with van der Waals surface area (Å²) >= 11 is 17.8. The molecule has 2 rings (SSSR count). The molecule has 2 aromatic carbocycles. The molecule has 0 amide bonds. The van der Waals surface area contributed by atoms with Gasteiger partial charge in [-0.05, 0) is 36.8 Å². The predicted octanol–water partition coefficient (Wildman–Crippen LogP) is 4.29. The molecule has 0 aromatic heterocycles. The Kier molecular flexibility index (Phi) is 5.96. The SMILES string of the molecule is Cc1cc(S(=O)(=O)NCC#Cc2ccccc2Cl)c(Cl)cc1Cl. The first-order chi connectivity index (χ1) is 10.8. The van der Waals surface area contributed by atoms with Crippen LogP contribution in [0.1, 0.15) is 11.1 Å². The van der Waals surface area contributed by atoms with Crippen LogP contribution in [0.4, 0.5) is 0 Å². The van der Waals surface area contributed by atoms with E-state index in [4.69, 9.17) is 34.8 Å². The summed E-state index contributed by atoms with van der Waals surface area (Å²) in [6, 6.07) is 9.89. The second-order valence-corrected chi connectivity index (χ2v) is 7.59. The number of rotatable bonds is 3. The zero-order chi connectivity index (χ0) is 17.0. The minimum atomic E-state index is -3.77. The molecule has 0 aliphatic rings. The topological polar surface area (TPSA) is 46.2 Å². The van der Waals surface area contributed by atoms with Crippen LogP contribution >= 0.6 is 34.8 Å². The van der Waals surface area contributed by atoms with Crippen molar-refractivity contribution in [2.24, 2.45) is 0 Å². The second kappa shape index (κ2) is 7.57. The Bertz CT molecular complexity index is 899. The summed E-state index contributed by atoms with van der Waals surface area (Å²) in [5, 5.41) is 0.985. The lowest BCUT2D eigenvalue weighted by Crippen LogP contribution is -2.24. The third kappa shape index (κ3) is 4.63. The third-order valence-electron chi connectivity index (χ3n) is 2.95. The van der Waals surface area contributed by atoms with Gasteiger partial charge in [0.05, 0.1) is 16.6 Å². The maximum absolute atomic E-state index is 12.3. The monoisotopic (exact) mass is 387 g/mol. The number of benzene rings is 2. The fourth-order valence-corrected chi connectivity index (χ4v) is 3.68. The Morgan fingerprint density at radius 3 is 2.43 bits per heavy atom. The van der Waals surface area contributed by atoms with Crippen molar-refractivity contribution in [3.63, 3.8) is 0 Å². The molecule has 7 heteroatoms. The van der Waals surface area contributed by atoms with Crippen molar-refractivity contribution in [3.05, 3.63) is 62.6 Å². The minimum Gasteiger partial charge on any atom is -0.207 e. The van der Waals surface area contributed by atoms with Gasteiger partial charge in [-0.15, -0.1) is 0 Å². The van der Waals surface area contributed by atoms with Crippen LogP contribution in [0.25, 0.3) is 0 Å². The summed E-state index contributed by atoms with van der Waals surface area (Å²) in [7, 11) is -3.77. The number of sulfonamides is 1. The van der Waals surface area contributed by atoms with E-state index < -0.39 is 10.0 Å². The van der Waals surface area contributed by atoms with E-state index in [2.05, 4.69) is 16.6 Å². The van der Waals surface area contributed by atoms with E-state index in [1.54, 1.807) is 31.2 Å². The Hall–Kier alpha value is -1.22. The smallest absolute Gasteiger partial charge is 0.207 e. The van der Waals surface area contributed by atoms with Crippen LogP contribution in [-0.4, -0.2) is 15.0 Å². The molecule has 0 heterocycles. The van der Waals surface area contributed by atoms with Crippen LogP contribution in [0.2, 0.25) is 15.1 Å². The summed E-state index contributed by atoms with van der Waals surface area (Å²) < 4.78 is 26.9. The molecule has 0 aliphatic carbocycles. The van der Waals surface area contributed by atoms with Gasteiger partial charge in [-0.1, -0.05) is 58.8 Å². The molecule has 0 saturated carbocycles. The van der Waals surface area contributed by atoms with E-state index >= 15 is 0 Å². The van der Waals surface area contributed by atoms with Gasteiger partial charge in [0, 0.05) is 10.6 Å². The molecule has 3 nitrogen and oxygen atoms in total. The lowest BCUT2D eigenvalue weighted by Gasteiger charge is -2.08. The van der Waals surface area contributed by atoms with Crippen molar-refractivity contribution in [3.8, 4) is 11.8 Å². The highest BCUT2D eigenvalue weighted by Crippen LogP contribution is 2.27. The lowest BCUT2D eigenvalue weighted by molar-refractivity contribution is 0.586. The van der Waals surface area contributed by atoms with Gasteiger partial charge < -0.3 is 0 Å². The van der Waals surface area contributed by atoms with Crippen LogP contribution in [0.15, 0.2) is 41.3 Å². The van der Waals surface area contributed by atoms with Crippen LogP contribution in [0.5, 0.6) is 0 Å². The van der Waals surface area contributed by atoms with E-state index in [1.165, 1.54) is 12.1 Å². The van der Waals surface area contributed by atoms with Gasteiger partial charge in [-0.2, -0.15) is 4.72 Å². The molecule has 0 radical (unpaired) electrons. The summed E-state index contributed by atoms with van der Waals surface area (Å²) in [5.74, 6) is 5.53. The van der Waals surface area contributed by atoms with Crippen molar-refractivity contribution >= 4 is 44.8 Å². The molecule has 0 fully saturated rings. The fourth-order valence-electron chi connectivity index (χ4n) is 1.75. The highest BCUT2D eigenvalue weighted by Gasteiger charge is 2.18. The molecular weight excluding hydrogens is 377 g/mol. The zero-order valence-electron chi connectivity index (χ0n) is 12.0. The van der Waals surface area contributed by atoms with Crippen molar-refractivity contribution in [1.82, 2.24) is 4.72 Å². The highest BCUT2D eigenvalue weighted by atomic mass is 35.5. The largest absolute Gasteiger partial charge is 0.242 e. The maximum Gasteiger partial charge on any atom is 0.242 e. The zero-order valence-corrected chi connectivity index (χ0v) is 15.1. The average molecular weight is 389 g/mol. The number of aryl methyl sites for hydroxylation is 1. The molecule has 23 heavy (non-hydrogen) atoms.